The molecule has 2 unspecified atom stereocenters. The number of carbonyl (C=O) groups is 4. The molecule has 0 aliphatic rings. The van der Waals surface area contributed by atoms with E-state index in [4.69, 9.17) is 37.0 Å². The Balaban J connectivity index is 5.40. The van der Waals surface area contributed by atoms with Crippen LogP contribution in [0.4, 0.5) is 0 Å². The molecule has 0 spiro atoms. The van der Waals surface area contributed by atoms with Crippen molar-refractivity contribution < 1.29 is 80.2 Å². The van der Waals surface area contributed by atoms with Crippen LogP contribution in [0, 0.1) is 0 Å². The van der Waals surface area contributed by atoms with Crippen molar-refractivity contribution in [2.75, 3.05) is 39.6 Å². The summed E-state index contributed by atoms with van der Waals surface area (Å²) in [7, 11) is -9.97. The number of hydrogen-bond donors (Lipinski definition) is 3. The zero-order valence-electron chi connectivity index (χ0n) is 64.5. The molecule has 590 valence electrons. The van der Waals surface area contributed by atoms with E-state index in [1.807, 2.05) is 18.2 Å². The molecule has 19 heteroatoms. The quantitative estimate of drug-likeness (QED) is 0.0169. The first kappa shape index (κ1) is 98.0. The molecule has 0 bridgehead atoms. The third-order valence-corrected chi connectivity index (χ3v) is 18.9. The van der Waals surface area contributed by atoms with Gasteiger partial charge in [-0.2, -0.15) is 0 Å². The second kappa shape index (κ2) is 75.2. The van der Waals surface area contributed by atoms with Crippen molar-refractivity contribution in [3.8, 4) is 0 Å². The molecule has 5 atom stereocenters. The summed E-state index contributed by atoms with van der Waals surface area (Å²) >= 11 is 0. The molecule has 3 N–H and O–H groups in total. The molecule has 0 radical (unpaired) electrons. The molecule has 102 heavy (non-hydrogen) atoms. The maximum absolute atomic E-state index is 13.1. The predicted molar refractivity (Wildman–Crippen MR) is 418 cm³/mol. The second-order valence-electron chi connectivity index (χ2n) is 27.0. The van der Waals surface area contributed by atoms with Crippen molar-refractivity contribution >= 4 is 39.5 Å². The monoisotopic (exact) mass is 1480 g/mol. The lowest BCUT2D eigenvalue weighted by Crippen LogP contribution is -2.30. The van der Waals surface area contributed by atoms with Crippen LogP contribution in [0.25, 0.3) is 0 Å². The molecule has 0 rings (SSSR count). The molecule has 0 saturated heterocycles. The molecular formula is C83H146O17P2. The van der Waals surface area contributed by atoms with E-state index in [-0.39, 0.29) is 25.7 Å². The molecule has 0 aliphatic heterocycles. The van der Waals surface area contributed by atoms with Gasteiger partial charge in [-0.15, -0.1) is 0 Å². The van der Waals surface area contributed by atoms with E-state index < -0.39 is 97.5 Å². The van der Waals surface area contributed by atoms with E-state index in [0.29, 0.717) is 32.1 Å². The van der Waals surface area contributed by atoms with Gasteiger partial charge in [0.1, 0.15) is 19.3 Å². The summed E-state index contributed by atoms with van der Waals surface area (Å²) in [4.78, 5) is 73.0. The highest BCUT2D eigenvalue weighted by molar-refractivity contribution is 7.47. The summed E-state index contributed by atoms with van der Waals surface area (Å²) in [5.74, 6) is -2.27. The van der Waals surface area contributed by atoms with Crippen molar-refractivity contribution in [3.05, 3.63) is 97.2 Å². The lowest BCUT2D eigenvalue weighted by atomic mass is 10.0. The summed E-state index contributed by atoms with van der Waals surface area (Å²) in [6.07, 6.45) is 79.7. The number of phosphoric acid groups is 2. The Morgan fingerprint density at radius 1 is 0.284 bits per heavy atom. The van der Waals surface area contributed by atoms with Crippen LogP contribution in [0.1, 0.15) is 349 Å². The number of phosphoric ester groups is 2. The van der Waals surface area contributed by atoms with E-state index in [0.717, 1.165) is 135 Å². The zero-order chi connectivity index (χ0) is 74.6. The van der Waals surface area contributed by atoms with Gasteiger partial charge in [-0.05, 0) is 116 Å². The molecule has 0 amide bonds. The first-order chi connectivity index (χ1) is 49.7. The van der Waals surface area contributed by atoms with E-state index in [1.165, 1.54) is 128 Å². The SMILES string of the molecule is CC/C=C\C/C=C\C/C=C\C/C=C\C/C=C\C/C=C\CCC(=O)OC[C@H](COP(=O)(O)OC[C@@H](O)COP(=O)(O)OC[C@@H](COC(=O)CCCCCCC/C=C\CCCCCCCC)OC(=O)CCCCCCCCCCCCCCC)OC(=O)CCCCCCC/C=C\CCCCCCCC. The molecule has 17 nitrogen and oxygen atoms in total. The Morgan fingerprint density at radius 3 is 0.843 bits per heavy atom. The van der Waals surface area contributed by atoms with Gasteiger partial charge in [0.25, 0.3) is 0 Å². The molecule has 0 aromatic carbocycles. The maximum atomic E-state index is 13.1. The zero-order valence-corrected chi connectivity index (χ0v) is 66.3. The average molecular weight is 1480 g/mol. The number of rotatable bonds is 76. The van der Waals surface area contributed by atoms with Crippen LogP contribution >= 0.6 is 15.6 Å². The predicted octanol–water partition coefficient (Wildman–Crippen LogP) is 23.6. The van der Waals surface area contributed by atoms with Crippen LogP contribution < -0.4 is 0 Å². The van der Waals surface area contributed by atoms with Crippen molar-refractivity contribution in [1.82, 2.24) is 0 Å². The van der Waals surface area contributed by atoms with Crippen LogP contribution in [0.5, 0.6) is 0 Å². The Kier molecular flexibility index (Phi) is 72.3. The normalized spacial score (nSPS) is 14.4. The Bertz CT molecular complexity index is 2310. The first-order valence-electron chi connectivity index (χ1n) is 40.5. The van der Waals surface area contributed by atoms with Gasteiger partial charge in [-0.25, -0.2) is 9.13 Å². The minimum absolute atomic E-state index is 0.0351. The van der Waals surface area contributed by atoms with Crippen LogP contribution in [-0.2, 0) is 65.4 Å². The molecule has 0 heterocycles. The molecule has 0 fully saturated rings. The van der Waals surface area contributed by atoms with Crippen LogP contribution in [0.3, 0.4) is 0 Å². The van der Waals surface area contributed by atoms with Gasteiger partial charge < -0.3 is 33.8 Å². The fourth-order valence-electron chi connectivity index (χ4n) is 10.9. The number of ether oxygens (including phenoxy) is 4. The number of carbonyl (C=O) groups excluding carboxylic acids is 4. The lowest BCUT2D eigenvalue weighted by molar-refractivity contribution is -0.161. The van der Waals surface area contributed by atoms with Crippen LogP contribution in [-0.4, -0.2) is 96.7 Å². The Hall–Kier alpha value is -4.02. The number of unbranched alkanes of at least 4 members (excludes halogenated alkanes) is 34. The minimum atomic E-state index is -4.99. The third kappa shape index (κ3) is 74.3. The number of esters is 4. The lowest BCUT2D eigenvalue weighted by Gasteiger charge is -2.21. The maximum Gasteiger partial charge on any atom is 0.472 e. The molecule has 0 saturated carbocycles. The topological polar surface area (TPSA) is 237 Å². The molecule has 0 aliphatic carbocycles. The van der Waals surface area contributed by atoms with Gasteiger partial charge in [0.2, 0.25) is 0 Å². The van der Waals surface area contributed by atoms with E-state index >= 15 is 0 Å². The first-order valence-corrected chi connectivity index (χ1v) is 43.5. The summed E-state index contributed by atoms with van der Waals surface area (Å²) in [5.41, 5.74) is 0. The van der Waals surface area contributed by atoms with Crippen molar-refractivity contribution in [2.45, 2.75) is 367 Å². The highest BCUT2D eigenvalue weighted by Gasteiger charge is 2.30. The number of aliphatic hydroxyl groups excluding tert-OH is 1. The molecule has 0 aromatic heterocycles. The fraction of sp³-hybridized carbons (Fsp3) is 0.759. The molecular weight excluding hydrogens is 1330 g/mol. The second-order valence-corrected chi connectivity index (χ2v) is 29.9. The van der Waals surface area contributed by atoms with Crippen molar-refractivity contribution in [2.24, 2.45) is 0 Å². The van der Waals surface area contributed by atoms with Gasteiger partial charge in [-0.3, -0.25) is 37.3 Å². The third-order valence-electron chi connectivity index (χ3n) is 17.0. The largest absolute Gasteiger partial charge is 0.472 e. The Morgan fingerprint density at radius 2 is 0.529 bits per heavy atom. The van der Waals surface area contributed by atoms with Gasteiger partial charge >= 0.3 is 39.5 Å². The van der Waals surface area contributed by atoms with E-state index in [2.05, 4.69) is 107 Å². The highest BCUT2D eigenvalue weighted by Crippen LogP contribution is 2.45. The Labute approximate surface area is 620 Å². The van der Waals surface area contributed by atoms with Gasteiger partial charge in [0.15, 0.2) is 12.2 Å². The van der Waals surface area contributed by atoms with Gasteiger partial charge in [-0.1, -0.05) is 305 Å². The number of hydrogen-bond acceptors (Lipinski definition) is 15. The van der Waals surface area contributed by atoms with Gasteiger partial charge in [0, 0.05) is 25.7 Å². The average Bonchev–Trinajstić information content (AvgIpc) is 0.924. The minimum Gasteiger partial charge on any atom is -0.462 e. The van der Waals surface area contributed by atoms with E-state index in [9.17, 15) is 43.2 Å². The van der Waals surface area contributed by atoms with Crippen LogP contribution in [0.15, 0.2) is 97.2 Å². The summed E-state index contributed by atoms with van der Waals surface area (Å²) < 4.78 is 68.5. The van der Waals surface area contributed by atoms with Crippen molar-refractivity contribution in [1.29, 1.82) is 0 Å². The van der Waals surface area contributed by atoms with E-state index in [1.54, 1.807) is 0 Å². The summed E-state index contributed by atoms with van der Waals surface area (Å²) in [6, 6.07) is 0. The van der Waals surface area contributed by atoms with Gasteiger partial charge in [0.05, 0.1) is 26.4 Å². The molecule has 0 aromatic rings. The summed E-state index contributed by atoms with van der Waals surface area (Å²) in [5, 5.41) is 10.6. The number of allylic oxidation sites excluding steroid dienone is 16. The fourth-order valence-corrected chi connectivity index (χ4v) is 12.5. The number of aliphatic hydroxyl groups is 1. The van der Waals surface area contributed by atoms with Crippen LogP contribution in [0.2, 0.25) is 0 Å². The highest BCUT2D eigenvalue weighted by atomic mass is 31.2. The smallest absolute Gasteiger partial charge is 0.462 e. The van der Waals surface area contributed by atoms with Crippen molar-refractivity contribution in [3.63, 3.8) is 0 Å². The summed E-state index contributed by atoms with van der Waals surface area (Å²) in [6.45, 7) is 4.70. The standard InChI is InChI=1S/C83H146O17P2/c1-5-9-13-17-21-25-29-33-36-37-38-39-42-45-48-52-56-60-64-68-81(86)94-74-79(100-83(88)70-66-62-58-54-50-46-41-35-31-27-23-19-15-11-7-3)76-98-102(91,92)96-72-77(84)71-95-101(89,90)97-75-78(99-82(87)69-65-61-57-53-49-43-32-28-24-20-16-12-8-4)73-93-80(85)67-63-59-55-51-47-44-40-34-30-26-22-18-14-10-6-2/h9,13,21,25,33-36,38-41,45,48,56,60,77-79,84H,5-8,10-12,14-20,22-24,26-32,37,42-44,46-47,49-55,57-59,61-76H2,1-4H3,(H,89,90)(H,91,92)/b13-9-,25-21-,36-33-,39-38-,40-34-,41-35-,48-45-,60-56-/t77-,78+,79+/m0/s1.